The third-order valence-electron chi connectivity index (χ3n) is 4.08. The van der Waals surface area contributed by atoms with Crippen molar-refractivity contribution in [2.45, 2.75) is 70.8 Å². The molecule has 0 aromatic heterocycles. The Labute approximate surface area is 126 Å². The van der Waals surface area contributed by atoms with Crippen LogP contribution in [0.1, 0.15) is 75.1 Å². The summed E-state index contributed by atoms with van der Waals surface area (Å²) in [5.74, 6) is 0.167. The Morgan fingerprint density at radius 2 is 1.86 bits per heavy atom. The molecule has 116 valence electrons. The minimum Gasteiger partial charge on any atom is -0.489 e. The van der Waals surface area contributed by atoms with Crippen LogP contribution in [0.15, 0.2) is 18.2 Å². The molecule has 1 aliphatic rings. The molecule has 1 atom stereocenters. The summed E-state index contributed by atoms with van der Waals surface area (Å²) < 4.78 is 18.9. The molecule has 0 spiro atoms. The van der Waals surface area contributed by atoms with Gasteiger partial charge in [0, 0.05) is 6.42 Å². The molecule has 0 saturated carbocycles. The van der Waals surface area contributed by atoms with E-state index in [2.05, 4.69) is 6.92 Å². The highest BCUT2D eigenvalue weighted by Crippen LogP contribution is 2.30. The summed E-state index contributed by atoms with van der Waals surface area (Å²) in [5, 5.41) is 0. The summed E-state index contributed by atoms with van der Waals surface area (Å²) in [6.07, 6.45) is 10.1. The van der Waals surface area contributed by atoms with Crippen molar-refractivity contribution in [3.8, 4) is 5.75 Å². The first-order valence-corrected chi connectivity index (χ1v) is 8.20. The van der Waals surface area contributed by atoms with Crippen LogP contribution < -0.4 is 4.74 Å². The van der Waals surface area contributed by atoms with Crippen molar-refractivity contribution in [1.82, 2.24) is 0 Å². The molecular formula is C18H25FO2. The molecule has 0 aliphatic carbocycles. The fourth-order valence-corrected chi connectivity index (χ4v) is 2.85. The van der Waals surface area contributed by atoms with Gasteiger partial charge in [0.2, 0.25) is 0 Å². The SMILES string of the molecule is CCCCCCCCCC1CC(=O)c2cc(F)ccc2O1. The zero-order valence-corrected chi connectivity index (χ0v) is 12.9. The van der Waals surface area contributed by atoms with E-state index in [-0.39, 0.29) is 17.7 Å². The van der Waals surface area contributed by atoms with Gasteiger partial charge in [0.25, 0.3) is 0 Å². The van der Waals surface area contributed by atoms with Crippen molar-refractivity contribution in [2.75, 3.05) is 0 Å². The van der Waals surface area contributed by atoms with Gasteiger partial charge in [-0.15, -0.1) is 0 Å². The number of Topliss-reactive ketones (excluding diaryl/α,β-unsaturated/α-hetero) is 1. The van der Waals surface area contributed by atoms with Gasteiger partial charge in [-0.05, 0) is 31.0 Å². The third kappa shape index (κ3) is 4.83. The minimum atomic E-state index is -0.378. The van der Waals surface area contributed by atoms with Gasteiger partial charge in [0.15, 0.2) is 5.78 Å². The second-order valence-corrected chi connectivity index (χ2v) is 5.92. The Kier molecular flexibility index (Phi) is 6.21. The van der Waals surface area contributed by atoms with Crippen molar-refractivity contribution in [3.63, 3.8) is 0 Å². The monoisotopic (exact) mass is 292 g/mol. The molecule has 2 rings (SSSR count). The predicted molar refractivity (Wildman–Crippen MR) is 82.4 cm³/mol. The van der Waals surface area contributed by atoms with Gasteiger partial charge in [-0.3, -0.25) is 4.79 Å². The molecular weight excluding hydrogens is 267 g/mol. The molecule has 0 amide bonds. The summed E-state index contributed by atoms with van der Waals surface area (Å²) in [7, 11) is 0. The van der Waals surface area contributed by atoms with Gasteiger partial charge in [0.1, 0.15) is 17.7 Å². The normalized spacial score (nSPS) is 17.4. The van der Waals surface area contributed by atoms with E-state index >= 15 is 0 Å². The van der Waals surface area contributed by atoms with Crippen LogP contribution in [-0.2, 0) is 0 Å². The van der Waals surface area contributed by atoms with Crippen molar-refractivity contribution >= 4 is 5.78 Å². The highest BCUT2D eigenvalue weighted by Gasteiger charge is 2.26. The minimum absolute atomic E-state index is 0.00342. The molecule has 1 aromatic rings. The molecule has 1 aromatic carbocycles. The Balaban J connectivity index is 1.72. The van der Waals surface area contributed by atoms with E-state index in [0.717, 1.165) is 12.8 Å². The summed E-state index contributed by atoms with van der Waals surface area (Å²) in [5.41, 5.74) is 0.394. The number of ketones is 1. The number of ether oxygens (including phenoxy) is 1. The maximum absolute atomic E-state index is 13.1. The van der Waals surface area contributed by atoms with Crippen LogP contribution in [0.2, 0.25) is 0 Å². The summed E-state index contributed by atoms with van der Waals surface area (Å²) in [6.45, 7) is 2.22. The van der Waals surface area contributed by atoms with Crippen LogP contribution in [0, 0.1) is 5.82 Å². The second-order valence-electron chi connectivity index (χ2n) is 5.92. The average Bonchev–Trinajstić information content (AvgIpc) is 2.47. The number of halogens is 1. The van der Waals surface area contributed by atoms with Gasteiger partial charge in [-0.25, -0.2) is 4.39 Å². The second kappa shape index (κ2) is 8.16. The first-order valence-electron chi connectivity index (χ1n) is 8.20. The number of carbonyl (C=O) groups excluding carboxylic acids is 1. The van der Waals surface area contributed by atoms with E-state index in [1.165, 1.54) is 50.7 Å². The molecule has 3 heteroatoms. The van der Waals surface area contributed by atoms with Crippen molar-refractivity contribution < 1.29 is 13.9 Å². The number of carbonyl (C=O) groups is 1. The van der Waals surface area contributed by atoms with Gasteiger partial charge < -0.3 is 4.74 Å². The molecule has 1 heterocycles. The van der Waals surface area contributed by atoms with Crippen LogP contribution in [0.5, 0.6) is 5.75 Å². The zero-order valence-electron chi connectivity index (χ0n) is 12.9. The Morgan fingerprint density at radius 3 is 2.62 bits per heavy atom. The maximum atomic E-state index is 13.1. The molecule has 2 nitrogen and oxygen atoms in total. The van der Waals surface area contributed by atoms with E-state index < -0.39 is 0 Å². The van der Waals surface area contributed by atoms with E-state index in [1.807, 2.05) is 0 Å². The number of rotatable bonds is 8. The lowest BCUT2D eigenvalue weighted by Crippen LogP contribution is -2.27. The molecule has 0 bridgehead atoms. The first kappa shape index (κ1) is 16.0. The fraction of sp³-hybridized carbons (Fsp3) is 0.611. The summed E-state index contributed by atoms with van der Waals surface area (Å²) in [4.78, 5) is 12.0. The van der Waals surface area contributed by atoms with E-state index in [0.29, 0.717) is 17.7 Å². The van der Waals surface area contributed by atoms with Crippen molar-refractivity contribution in [3.05, 3.63) is 29.6 Å². The lowest BCUT2D eigenvalue weighted by molar-refractivity contribution is 0.0834. The highest BCUT2D eigenvalue weighted by atomic mass is 19.1. The lowest BCUT2D eigenvalue weighted by atomic mass is 9.97. The van der Waals surface area contributed by atoms with Crippen molar-refractivity contribution in [1.29, 1.82) is 0 Å². The van der Waals surface area contributed by atoms with Gasteiger partial charge in [0.05, 0.1) is 5.56 Å². The number of unbranched alkanes of at least 4 members (excludes halogenated alkanes) is 6. The highest BCUT2D eigenvalue weighted by molar-refractivity contribution is 5.99. The lowest BCUT2D eigenvalue weighted by Gasteiger charge is -2.25. The molecule has 0 radical (unpaired) electrons. The average molecular weight is 292 g/mol. The number of hydrogen-bond acceptors (Lipinski definition) is 2. The number of hydrogen-bond donors (Lipinski definition) is 0. The smallest absolute Gasteiger partial charge is 0.170 e. The standard InChI is InChI=1S/C18H25FO2/c1-2-3-4-5-6-7-8-9-15-13-17(20)16-12-14(19)10-11-18(16)21-15/h10-12,15H,2-9,13H2,1H3. The van der Waals surface area contributed by atoms with E-state index in [9.17, 15) is 9.18 Å². The Morgan fingerprint density at radius 1 is 1.14 bits per heavy atom. The quantitative estimate of drug-likeness (QED) is 0.608. The molecule has 0 saturated heterocycles. The molecule has 0 N–H and O–H groups in total. The topological polar surface area (TPSA) is 26.3 Å². The van der Waals surface area contributed by atoms with Gasteiger partial charge in [-0.2, -0.15) is 0 Å². The van der Waals surface area contributed by atoms with Crippen LogP contribution in [0.3, 0.4) is 0 Å². The van der Waals surface area contributed by atoms with Crippen LogP contribution in [0.25, 0.3) is 0 Å². The Hall–Kier alpha value is -1.38. The number of benzene rings is 1. The van der Waals surface area contributed by atoms with E-state index in [4.69, 9.17) is 4.74 Å². The summed E-state index contributed by atoms with van der Waals surface area (Å²) in [6, 6.07) is 4.20. The number of fused-ring (bicyclic) bond motifs is 1. The maximum Gasteiger partial charge on any atom is 0.170 e. The fourth-order valence-electron chi connectivity index (χ4n) is 2.85. The Bertz CT molecular complexity index is 470. The van der Waals surface area contributed by atoms with Crippen LogP contribution in [0.4, 0.5) is 4.39 Å². The molecule has 21 heavy (non-hydrogen) atoms. The molecule has 0 fully saturated rings. The molecule has 1 unspecified atom stereocenters. The first-order chi connectivity index (χ1) is 10.2. The van der Waals surface area contributed by atoms with Crippen molar-refractivity contribution in [2.24, 2.45) is 0 Å². The zero-order chi connectivity index (χ0) is 15.1. The van der Waals surface area contributed by atoms with Gasteiger partial charge in [-0.1, -0.05) is 45.4 Å². The summed E-state index contributed by atoms with van der Waals surface area (Å²) >= 11 is 0. The van der Waals surface area contributed by atoms with Crippen LogP contribution in [-0.4, -0.2) is 11.9 Å². The third-order valence-corrected chi connectivity index (χ3v) is 4.08. The van der Waals surface area contributed by atoms with Crippen LogP contribution >= 0.6 is 0 Å². The molecule has 1 aliphatic heterocycles. The van der Waals surface area contributed by atoms with E-state index in [1.54, 1.807) is 6.07 Å². The van der Waals surface area contributed by atoms with Gasteiger partial charge >= 0.3 is 0 Å². The predicted octanol–water partition coefficient (Wildman–Crippen LogP) is 5.30. The largest absolute Gasteiger partial charge is 0.489 e.